The average molecular weight is 404 g/mol. The molecule has 0 bridgehead atoms. The van der Waals surface area contributed by atoms with Crippen molar-refractivity contribution in [2.45, 2.75) is 31.8 Å². The van der Waals surface area contributed by atoms with Crippen LogP contribution in [0.5, 0.6) is 0 Å². The number of benzene rings is 1. The van der Waals surface area contributed by atoms with Crippen molar-refractivity contribution in [2.24, 2.45) is 0 Å². The third-order valence-electron chi connectivity index (χ3n) is 3.90. The zero-order chi connectivity index (χ0) is 20.7. The molecule has 1 aromatic heterocycles. The molecule has 0 unspecified atom stereocenters. The Morgan fingerprint density at radius 3 is 2.46 bits per heavy atom. The number of carbonyl (C=O) groups is 2. The van der Waals surface area contributed by atoms with Gasteiger partial charge >= 0.3 is 5.97 Å². The highest BCUT2D eigenvalue weighted by Crippen LogP contribution is 2.23. The summed E-state index contributed by atoms with van der Waals surface area (Å²) in [5.41, 5.74) is 2.30. The van der Waals surface area contributed by atoms with Crippen molar-refractivity contribution in [3.8, 4) is 0 Å². The van der Waals surface area contributed by atoms with E-state index in [0.29, 0.717) is 11.6 Å². The van der Waals surface area contributed by atoms with Gasteiger partial charge in [0, 0.05) is 23.9 Å². The number of hydrogen-bond acceptors (Lipinski definition) is 8. The quantitative estimate of drug-likeness (QED) is 0.234. The minimum absolute atomic E-state index is 0.0471. The molecule has 0 radical (unpaired) electrons. The first kappa shape index (κ1) is 21.3. The van der Waals surface area contributed by atoms with Crippen LogP contribution in [0, 0.1) is 24.0 Å². The van der Waals surface area contributed by atoms with Gasteiger partial charge in [0.2, 0.25) is 0 Å². The van der Waals surface area contributed by atoms with Gasteiger partial charge in [-0.25, -0.2) is 9.97 Å². The van der Waals surface area contributed by atoms with Gasteiger partial charge in [-0.3, -0.25) is 19.7 Å². The Morgan fingerprint density at radius 1 is 1.21 bits per heavy atom. The number of hydrogen-bond donors (Lipinski definition) is 1. The fourth-order valence-corrected chi connectivity index (χ4v) is 2.99. The van der Waals surface area contributed by atoms with Crippen LogP contribution in [0.25, 0.3) is 0 Å². The minimum atomic E-state index is -0.650. The number of thioether (sulfide) groups is 1. The number of nitrogens with zero attached hydrogens (tertiary/aromatic N) is 3. The highest BCUT2D eigenvalue weighted by Gasteiger charge is 2.16. The van der Waals surface area contributed by atoms with Crippen molar-refractivity contribution < 1.29 is 19.2 Å². The van der Waals surface area contributed by atoms with Crippen LogP contribution >= 0.6 is 11.8 Å². The molecule has 1 heterocycles. The first-order chi connectivity index (χ1) is 13.3. The summed E-state index contributed by atoms with van der Waals surface area (Å²) in [6.45, 7) is 3.19. The summed E-state index contributed by atoms with van der Waals surface area (Å²) in [6.07, 6.45) is 2.36. The van der Waals surface area contributed by atoms with Crippen molar-refractivity contribution in [1.82, 2.24) is 9.97 Å². The number of aryl methyl sites for hydroxylation is 2. The van der Waals surface area contributed by atoms with E-state index in [-0.39, 0.29) is 17.8 Å². The molecule has 0 saturated carbocycles. The number of ether oxygens (including phenoxy) is 1. The Morgan fingerprint density at radius 2 is 1.86 bits per heavy atom. The maximum absolute atomic E-state index is 11.9. The lowest BCUT2D eigenvalue weighted by molar-refractivity contribution is -0.383. The van der Waals surface area contributed by atoms with Crippen LogP contribution in [0.3, 0.4) is 0 Å². The summed E-state index contributed by atoms with van der Waals surface area (Å²) >= 11 is 1.44. The lowest BCUT2D eigenvalue weighted by atomic mass is 10.1. The summed E-state index contributed by atoms with van der Waals surface area (Å²) in [6, 6.07) is 5.73. The number of nitro groups is 1. The molecule has 10 heteroatoms. The van der Waals surface area contributed by atoms with Crippen molar-refractivity contribution in [3.05, 3.63) is 51.3 Å². The fourth-order valence-electron chi connectivity index (χ4n) is 2.53. The highest BCUT2D eigenvalue weighted by atomic mass is 32.2. The van der Waals surface area contributed by atoms with Crippen molar-refractivity contribution in [1.29, 1.82) is 0 Å². The van der Waals surface area contributed by atoms with Crippen LogP contribution in [0.4, 0.5) is 11.4 Å². The van der Waals surface area contributed by atoms with Crippen LogP contribution in [0.15, 0.2) is 29.4 Å². The van der Waals surface area contributed by atoms with Gasteiger partial charge in [-0.05, 0) is 38.2 Å². The summed E-state index contributed by atoms with van der Waals surface area (Å²) < 4.78 is 4.96. The van der Waals surface area contributed by atoms with Crippen molar-refractivity contribution >= 4 is 35.0 Å². The summed E-state index contributed by atoms with van der Waals surface area (Å²) in [5.74, 6) is -1.20. The molecule has 1 N–H and O–H groups in total. The van der Waals surface area contributed by atoms with Crippen molar-refractivity contribution in [3.63, 3.8) is 0 Å². The smallest absolute Gasteiger partial charge is 0.306 e. The number of aromatic nitrogens is 2. The van der Waals surface area contributed by atoms with E-state index in [4.69, 9.17) is 4.74 Å². The molecular weight excluding hydrogens is 384 g/mol. The van der Waals surface area contributed by atoms with E-state index in [2.05, 4.69) is 15.3 Å². The first-order valence-electron chi connectivity index (χ1n) is 8.38. The maximum atomic E-state index is 11.9. The molecule has 0 aliphatic carbocycles. The minimum Gasteiger partial charge on any atom is -0.456 e. The molecule has 0 atom stereocenters. The molecule has 0 spiro atoms. The van der Waals surface area contributed by atoms with E-state index in [1.807, 2.05) is 20.1 Å². The summed E-state index contributed by atoms with van der Waals surface area (Å²) in [5, 5.41) is 14.0. The third-order valence-corrected chi connectivity index (χ3v) is 4.45. The Bertz CT molecular complexity index is 880. The molecule has 1 aromatic carbocycles. The lowest BCUT2D eigenvalue weighted by Gasteiger charge is -2.10. The maximum Gasteiger partial charge on any atom is 0.306 e. The molecule has 0 aliphatic rings. The van der Waals surface area contributed by atoms with Gasteiger partial charge in [0.05, 0.1) is 4.92 Å². The van der Waals surface area contributed by atoms with E-state index in [1.54, 1.807) is 6.07 Å². The number of anilines is 1. The summed E-state index contributed by atoms with van der Waals surface area (Å²) in [4.78, 5) is 42.9. The molecule has 28 heavy (non-hydrogen) atoms. The van der Waals surface area contributed by atoms with Gasteiger partial charge in [-0.2, -0.15) is 0 Å². The molecule has 1 amide bonds. The lowest BCUT2D eigenvalue weighted by Crippen LogP contribution is -2.21. The third kappa shape index (κ3) is 5.74. The second-order valence-corrected chi connectivity index (χ2v) is 6.62. The number of rotatable bonds is 8. The van der Waals surface area contributed by atoms with E-state index in [1.165, 1.54) is 30.0 Å². The number of carbonyl (C=O) groups excluding carboxylic acids is 2. The highest BCUT2D eigenvalue weighted by molar-refractivity contribution is 7.98. The number of nitro benzene ring substituents is 1. The molecule has 2 aromatic rings. The molecule has 148 valence electrons. The normalized spacial score (nSPS) is 10.4. The van der Waals surface area contributed by atoms with Gasteiger partial charge in [-0.1, -0.05) is 23.9 Å². The monoisotopic (exact) mass is 404 g/mol. The van der Waals surface area contributed by atoms with Crippen LogP contribution in [0.2, 0.25) is 0 Å². The van der Waals surface area contributed by atoms with E-state index in [0.717, 1.165) is 17.0 Å². The predicted molar refractivity (Wildman–Crippen MR) is 104 cm³/mol. The largest absolute Gasteiger partial charge is 0.456 e. The Balaban J connectivity index is 1.86. The summed E-state index contributed by atoms with van der Waals surface area (Å²) in [7, 11) is 0. The van der Waals surface area contributed by atoms with Gasteiger partial charge in [0.25, 0.3) is 11.6 Å². The molecule has 0 fully saturated rings. The SMILES string of the molecule is CSc1nc(C)c(CCC(=O)OCC(=O)Nc2ccccc2[N+](=O)[O-])c(C)n1. The second-order valence-electron chi connectivity index (χ2n) is 5.84. The second kappa shape index (κ2) is 9.79. The number of nitrogens with one attached hydrogen (secondary N) is 1. The van der Waals surface area contributed by atoms with Crippen LogP contribution < -0.4 is 5.32 Å². The number of amides is 1. The van der Waals surface area contributed by atoms with Crippen LogP contribution in [-0.2, 0) is 20.7 Å². The standard InChI is InChI=1S/C18H20N4O5S/c1-11-13(12(2)20-18(19-11)28-3)8-9-17(24)27-10-16(23)21-14-6-4-5-7-15(14)22(25)26/h4-7H,8-10H2,1-3H3,(H,21,23). The topological polar surface area (TPSA) is 124 Å². The predicted octanol–water partition coefficient (Wildman–Crippen LogP) is 2.84. The molecular formula is C18H20N4O5S. The molecule has 0 aliphatic heterocycles. The number of para-hydroxylation sites is 2. The fraction of sp³-hybridized carbons (Fsp3) is 0.333. The van der Waals surface area contributed by atoms with E-state index in [9.17, 15) is 19.7 Å². The Hall–Kier alpha value is -3.01. The molecule has 9 nitrogen and oxygen atoms in total. The van der Waals surface area contributed by atoms with E-state index < -0.39 is 23.4 Å². The Labute approximate surface area is 166 Å². The first-order valence-corrected chi connectivity index (χ1v) is 9.61. The van der Waals surface area contributed by atoms with Gasteiger partial charge in [-0.15, -0.1) is 0 Å². The van der Waals surface area contributed by atoms with Crippen molar-refractivity contribution in [2.75, 3.05) is 18.2 Å². The molecule has 0 saturated heterocycles. The van der Waals surface area contributed by atoms with Crippen LogP contribution in [-0.4, -0.2) is 39.6 Å². The zero-order valence-corrected chi connectivity index (χ0v) is 16.5. The van der Waals surface area contributed by atoms with Gasteiger partial charge < -0.3 is 10.1 Å². The van der Waals surface area contributed by atoms with E-state index >= 15 is 0 Å². The number of esters is 1. The van der Waals surface area contributed by atoms with Gasteiger partial charge in [0.1, 0.15) is 5.69 Å². The van der Waals surface area contributed by atoms with Crippen LogP contribution in [0.1, 0.15) is 23.4 Å². The zero-order valence-electron chi connectivity index (χ0n) is 15.7. The van der Waals surface area contributed by atoms with Gasteiger partial charge in [0.15, 0.2) is 11.8 Å². The molecule has 2 rings (SSSR count). The Kier molecular flexibility index (Phi) is 7.44. The average Bonchev–Trinajstić information content (AvgIpc) is 2.65.